The first-order valence-corrected chi connectivity index (χ1v) is 7.50. The predicted molar refractivity (Wildman–Crippen MR) is 76.3 cm³/mol. The van der Waals surface area contributed by atoms with Crippen molar-refractivity contribution in [3.63, 3.8) is 0 Å². The van der Waals surface area contributed by atoms with E-state index in [1.165, 1.54) is 18.2 Å². The Morgan fingerprint density at radius 1 is 1.27 bits per heavy atom. The molecule has 22 heavy (non-hydrogen) atoms. The predicted octanol–water partition coefficient (Wildman–Crippen LogP) is 4.57. The van der Waals surface area contributed by atoms with E-state index in [1.807, 2.05) is 0 Å². The Labute approximate surface area is 131 Å². The highest BCUT2D eigenvalue weighted by molar-refractivity contribution is 8.01. The van der Waals surface area contributed by atoms with Crippen molar-refractivity contribution in [2.75, 3.05) is 0 Å². The maximum Gasteiger partial charge on any atom is 0.416 e. The smallest absolute Gasteiger partial charge is 0.303 e. The number of halogens is 3. The van der Waals surface area contributed by atoms with E-state index in [0.717, 1.165) is 35.2 Å². The van der Waals surface area contributed by atoms with Gasteiger partial charge in [0, 0.05) is 22.3 Å². The highest BCUT2D eigenvalue weighted by atomic mass is 32.2. The summed E-state index contributed by atoms with van der Waals surface area (Å²) in [5.41, 5.74) is -0.925. The minimum atomic E-state index is -4.42. The van der Waals surface area contributed by atoms with Crippen LogP contribution in [0.3, 0.4) is 0 Å². The number of nitro groups is 1. The van der Waals surface area contributed by atoms with E-state index in [2.05, 4.69) is 0 Å². The fraction of sp³-hybridized carbons (Fsp3) is 0.154. The SMILES string of the molecule is O=CCc1cc([N+](=O)[O-])c(Sc2ccc(C(F)(F)F)cc2)s1. The Morgan fingerprint density at radius 3 is 2.41 bits per heavy atom. The number of carbonyl (C=O) groups is 1. The topological polar surface area (TPSA) is 60.2 Å². The van der Waals surface area contributed by atoms with Gasteiger partial charge in [-0.2, -0.15) is 13.2 Å². The molecule has 1 aromatic carbocycles. The molecule has 0 spiro atoms. The minimum absolute atomic E-state index is 0.0685. The van der Waals surface area contributed by atoms with Crippen LogP contribution in [0.1, 0.15) is 10.4 Å². The molecule has 1 aromatic heterocycles. The second-order valence-electron chi connectivity index (χ2n) is 4.14. The molecule has 116 valence electrons. The largest absolute Gasteiger partial charge is 0.416 e. The van der Waals surface area contributed by atoms with Gasteiger partial charge in [0.1, 0.15) is 10.5 Å². The highest BCUT2D eigenvalue weighted by Gasteiger charge is 2.30. The van der Waals surface area contributed by atoms with E-state index in [9.17, 15) is 28.1 Å². The van der Waals surface area contributed by atoms with Crippen LogP contribution in [0.25, 0.3) is 0 Å². The van der Waals surface area contributed by atoms with Gasteiger partial charge in [-0.25, -0.2) is 0 Å². The van der Waals surface area contributed by atoms with E-state index >= 15 is 0 Å². The molecule has 0 amide bonds. The summed E-state index contributed by atoms with van der Waals surface area (Å²) >= 11 is 2.09. The van der Waals surface area contributed by atoms with E-state index in [0.29, 0.717) is 20.3 Å². The quantitative estimate of drug-likeness (QED) is 0.452. The van der Waals surface area contributed by atoms with Gasteiger partial charge in [0.05, 0.1) is 10.5 Å². The maximum atomic E-state index is 12.5. The standard InChI is InChI=1S/C13H8F3NO3S2/c14-13(15,16)8-1-3-9(4-2-8)21-12-11(17(19)20)7-10(22-12)5-6-18/h1-4,6-7H,5H2. The number of carbonyl (C=O) groups excluding carboxylic acids is 1. The lowest BCUT2D eigenvalue weighted by Crippen LogP contribution is -2.03. The van der Waals surface area contributed by atoms with Crippen LogP contribution in [-0.2, 0) is 17.4 Å². The Kier molecular flexibility index (Phi) is 4.87. The number of aldehydes is 1. The molecule has 2 aromatic rings. The van der Waals surface area contributed by atoms with Crippen LogP contribution in [0.2, 0.25) is 0 Å². The molecule has 0 radical (unpaired) electrons. The Hall–Kier alpha value is -1.87. The van der Waals surface area contributed by atoms with Crippen molar-refractivity contribution < 1.29 is 22.9 Å². The van der Waals surface area contributed by atoms with Gasteiger partial charge in [-0.3, -0.25) is 10.1 Å². The first kappa shape index (κ1) is 16.5. The summed E-state index contributed by atoms with van der Waals surface area (Å²) in [5, 5.41) is 11.0. The molecule has 0 atom stereocenters. The third kappa shape index (κ3) is 3.86. The second-order valence-corrected chi connectivity index (χ2v) is 6.62. The van der Waals surface area contributed by atoms with Crippen molar-refractivity contribution in [3.05, 3.63) is 50.9 Å². The third-order valence-corrected chi connectivity index (χ3v) is 4.95. The summed E-state index contributed by atoms with van der Waals surface area (Å²) < 4.78 is 37.8. The molecule has 0 aliphatic heterocycles. The monoisotopic (exact) mass is 347 g/mol. The average Bonchev–Trinajstić information content (AvgIpc) is 2.82. The van der Waals surface area contributed by atoms with Crippen LogP contribution in [0, 0.1) is 10.1 Å². The molecule has 0 aliphatic rings. The molecule has 4 nitrogen and oxygen atoms in total. The molecular formula is C13H8F3NO3S2. The molecule has 0 bridgehead atoms. The van der Waals surface area contributed by atoms with Crippen molar-refractivity contribution in [1.82, 2.24) is 0 Å². The number of hydrogen-bond acceptors (Lipinski definition) is 5. The lowest BCUT2D eigenvalue weighted by molar-refractivity contribution is -0.387. The molecule has 2 rings (SSSR count). The normalized spacial score (nSPS) is 11.4. The van der Waals surface area contributed by atoms with Gasteiger partial charge in [-0.1, -0.05) is 11.8 Å². The van der Waals surface area contributed by atoms with Crippen LogP contribution >= 0.6 is 23.1 Å². The number of alkyl halides is 3. The highest BCUT2D eigenvalue weighted by Crippen LogP contribution is 2.42. The molecule has 0 fully saturated rings. The third-order valence-electron chi connectivity index (χ3n) is 2.60. The number of rotatable bonds is 5. The summed E-state index contributed by atoms with van der Waals surface area (Å²) in [5.74, 6) is 0. The van der Waals surface area contributed by atoms with E-state index in [4.69, 9.17) is 0 Å². The molecule has 0 saturated heterocycles. The summed E-state index contributed by atoms with van der Waals surface area (Å²) in [6.45, 7) is 0. The summed E-state index contributed by atoms with van der Waals surface area (Å²) in [4.78, 5) is 21.9. The van der Waals surface area contributed by atoms with E-state index in [-0.39, 0.29) is 12.1 Å². The zero-order valence-corrected chi connectivity index (χ0v) is 12.4. The first-order chi connectivity index (χ1) is 10.3. The minimum Gasteiger partial charge on any atom is -0.303 e. The molecule has 0 aliphatic carbocycles. The second kappa shape index (κ2) is 6.49. The van der Waals surface area contributed by atoms with E-state index < -0.39 is 16.7 Å². The number of benzene rings is 1. The van der Waals surface area contributed by atoms with Crippen molar-refractivity contribution in [3.8, 4) is 0 Å². The van der Waals surface area contributed by atoms with Gasteiger partial charge in [0.2, 0.25) is 0 Å². The van der Waals surface area contributed by atoms with Crippen LogP contribution in [0.4, 0.5) is 18.9 Å². The van der Waals surface area contributed by atoms with Gasteiger partial charge >= 0.3 is 6.18 Å². The zero-order valence-electron chi connectivity index (χ0n) is 10.8. The zero-order chi connectivity index (χ0) is 16.3. The van der Waals surface area contributed by atoms with Gasteiger partial charge in [0.25, 0.3) is 5.69 Å². The number of thiophene rings is 1. The van der Waals surface area contributed by atoms with Crippen LogP contribution in [-0.4, -0.2) is 11.2 Å². The Bertz CT molecular complexity index is 696. The Morgan fingerprint density at radius 2 is 1.91 bits per heavy atom. The molecule has 1 heterocycles. The van der Waals surface area contributed by atoms with Crippen LogP contribution < -0.4 is 0 Å². The van der Waals surface area contributed by atoms with Crippen molar-refractivity contribution in [2.24, 2.45) is 0 Å². The molecule has 0 N–H and O–H groups in total. The first-order valence-electron chi connectivity index (χ1n) is 5.87. The molecular weight excluding hydrogens is 339 g/mol. The van der Waals surface area contributed by atoms with Gasteiger partial charge in [-0.05, 0) is 24.3 Å². The fourth-order valence-corrected chi connectivity index (χ4v) is 3.91. The fourth-order valence-electron chi connectivity index (χ4n) is 1.61. The van der Waals surface area contributed by atoms with Gasteiger partial charge in [0.15, 0.2) is 0 Å². The van der Waals surface area contributed by atoms with Crippen LogP contribution in [0.5, 0.6) is 0 Å². The summed E-state index contributed by atoms with van der Waals surface area (Å²) in [7, 11) is 0. The molecule has 0 saturated carbocycles. The number of hydrogen-bond donors (Lipinski definition) is 0. The Balaban J connectivity index is 2.26. The van der Waals surface area contributed by atoms with Crippen molar-refractivity contribution in [2.45, 2.75) is 21.7 Å². The average molecular weight is 347 g/mol. The maximum absolute atomic E-state index is 12.5. The summed E-state index contributed by atoms with van der Waals surface area (Å²) in [6.07, 6.45) is -3.71. The molecule has 0 unspecified atom stereocenters. The van der Waals surface area contributed by atoms with E-state index in [1.54, 1.807) is 0 Å². The number of nitrogens with zero attached hydrogens (tertiary/aromatic N) is 1. The lowest BCUT2D eigenvalue weighted by atomic mass is 10.2. The van der Waals surface area contributed by atoms with Crippen molar-refractivity contribution >= 4 is 35.1 Å². The van der Waals surface area contributed by atoms with Gasteiger partial charge < -0.3 is 4.79 Å². The van der Waals surface area contributed by atoms with Gasteiger partial charge in [-0.15, -0.1) is 11.3 Å². The van der Waals surface area contributed by atoms with Crippen LogP contribution in [0.15, 0.2) is 39.4 Å². The molecule has 9 heteroatoms. The lowest BCUT2D eigenvalue weighted by Gasteiger charge is -2.06. The van der Waals surface area contributed by atoms with Crippen molar-refractivity contribution in [1.29, 1.82) is 0 Å². The summed E-state index contributed by atoms with van der Waals surface area (Å²) in [6, 6.07) is 5.68.